The number of nitrogens with one attached hydrogen (secondary N) is 2. The van der Waals surface area contributed by atoms with Gasteiger partial charge >= 0.3 is 12.1 Å². The van der Waals surface area contributed by atoms with Crippen LogP contribution >= 0.6 is 0 Å². The number of fused-ring (bicyclic) bond motifs is 3. The number of carboxylic acid groups (broad SMARTS) is 1. The summed E-state index contributed by atoms with van der Waals surface area (Å²) in [6.45, 7) is 2.26. The van der Waals surface area contributed by atoms with Crippen LogP contribution in [-0.2, 0) is 14.3 Å². The second kappa shape index (κ2) is 11.6. The van der Waals surface area contributed by atoms with Crippen molar-refractivity contribution < 1.29 is 33.0 Å². The predicted octanol–water partition coefficient (Wildman–Crippen LogP) is 4.17. The van der Waals surface area contributed by atoms with Crippen molar-refractivity contribution in [1.29, 1.82) is 0 Å². The van der Waals surface area contributed by atoms with Gasteiger partial charge in [-0.25, -0.2) is 18.4 Å². The Morgan fingerprint density at radius 1 is 1.03 bits per heavy atom. The fraction of sp³-hybridized carbons (Fsp3) is 0.400. The SMILES string of the molecule is CC(CCC(=O)NC(CC(F)F)C(=O)O)CNC(=O)OCC1c2ccccc2-c2ccccc21. The lowest BCUT2D eigenvalue weighted by molar-refractivity contribution is -0.143. The molecule has 182 valence electrons. The molecule has 34 heavy (non-hydrogen) atoms. The van der Waals surface area contributed by atoms with Crippen molar-refractivity contribution in [3.8, 4) is 11.1 Å². The number of carboxylic acids is 1. The van der Waals surface area contributed by atoms with E-state index in [9.17, 15) is 23.2 Å². The van der Waals surface area contributed by atoms with Gasteiger partial charge in [-0.3, -0.25) is 4.79 Å². The number of amides is 2. The zero-order valence-corrected chi connectivity index (χ0v) is 18.8. The Balaban J connectivity index is 1.42. The van der Waals surface area contributed by atoms with Crippen molar-refractivity contribution >= 4 is 18.0 Å². The molecule has 0 saturated carbocycles. The van der Waals surface area contributed by atoms with Crippen molar-refractivity contribution in [2.75, 3.05) is 13.2 Å². The molecule has 2 atom stereocenters. The summed E-state index contributed by atoms with van der Waals surface area (Å²) in [5.41, 5.74) is 4.50. The topological polar surface area (TPSA) is 105 Å². The van der Waals surface area contributed by atoms with Gasteiger partial charge in [-0.2, -0.15) is 0 Å². The zero-order chi connectivity index (χ0) is 24.7. The minimum atomic E-state index is -2.83. The average molecular weight is 475 g/mol. The molecule has 1 aliphatic carbocycles. The lowest BCUT2D eigenvalue weighted by Crippen LogP contribution is -2.42. The normalized spacial score (nSPS) is 14.1. The summed E-state index contributed by atoms with van der Waals surface area (Å²) < 4.78 is 30.3. The third-order valence-corrected chi connectivity index (χ3v) is 5.85. The molecule has 1 aliphatic rings. The minimum absolute atomic E-state index is 0.0411. The molecule has 0 saturated heterocycles. The summed E-state index contributed by atoms with van der Waals surface area (Å²) in [6, 6.07) is 14.4. The molecule has 3 N–H and O–H groups in total. The van der Waals surface area contributed by atoms with E-state index in [4.69, 9.17) is 9.84 Å². The summed E-state index contributed by atoms with van der Waals surface area (Å²) in [5.74, 6) is -2.28. The zero-order valence-electron chi connectivity index (χ0n) is 18.8. The molecular formula is C25H28F2N2O5. The Morgan fingerprint density at radius 2 is 1.62 bits per heavy atom. The highest BCUT2D eigenvalue weighted by atomic mass is 19.3. The Bertz CT molecular complexity index is 984. The van der Waals surface area contributed by atoms with Crippen molar-refractivity contribution in [3.05, 3.63) is 59.7 Å². The monoisotopic (exact) mass is 474 g/mol. The van der Waals surface area contributed by atoms with Crippen molar-refractivity contribution in [3.63, 3.8) is 0 Å². The first-order chi connectivity index (χ1) is 16.3. The van der Waals surface area contributed by atoms with Crippen LogP contribution in [0.5, 0.6) is 0 Å². The third kappa shape index (κ3) is 6.52. The molecule has 2 aromatic carbocycles. The molecule has 2 amide bonds. The highest BCUT2D eigenvalue weighted by Crippen LogP contribution is 2.44. The molecule has 0 fully saturated rings. The van der Waals surface area contributed by atoms with Gasteiger partial charge in [0.05, 0.1) is 0 Å². The minimum Gasteiger partial charge on any atom is -0.480 e. The number of carbonyl (C=O) groups is 3. The van der Waals surface area contributed by atoms with Gasteiger partial charge in [-0.1, -0.05) is 55.5 Å². The van der Waals surface area contributed by atoms with Crippen LogP contribution in [0, 0.1) is 5.92 Å². The van der Waals surface area contributed by atoms with Gasteiger partial charge in [-0.05, 0) is 34.6 Å². The number of carbonyl (C=O) groups excluding carboxylic acids is 2. The Labute approximate surface area is 196 Å². The number of halogens is 2. The van der Waals surface area contributed by atoms with Gasteiger partial charge in [0, 0.05) is 25.3 Å². The number of hydrogen-bond acceptors (Lipinski definition) is 4. The molecule has 0 aromatic heterocycles. The molecular weight excluding hydrogens is 446 g/mol. The van der Waals surface area contributed by atoms with Gasteiger partial charge in [0.2, 0.25) is 12.3 Å². The quantitative estimate of drug-likeness (QED) is 0.454. The number of hydrogen-bond donors (Lipinski definition) is 3. The Hall–Kier alpha value is -3.49. The van der Waals surface area contributed by atoms with Crippen molar-refractivity contribution in [2.45, 2.75) is 44.6 Å². The summed E-state index contributed by atoms with van der Waals surface area (Å²) >= 11 is 0. The number of rotatable bonds is 11. The maximum atomic E-state index is 12.4. The molecule has 0 bridgehead atoms. The van der Waals surface area contributed by atoms with Crippen LogP contribution in [0.3, 0.4) is 0 Å². The van der Waals surface area contributed by atoms with E-state index >= 15 is 0 Å². The molecule has 9 heteroatoms. The smallest absolute Gasteiger partial charge is 0.407 e. The highest BCUT2D eigenvalue weighted by molar-refractivity contribution is 5.83. The van der Waals surface area contributed by atoms with Gasteiger partial charge in [-0.15, -0.1) is 0 Å². The van der Waals surface area contributed by atoms with E-state index in [2.05, 4.69) is 22.8 Å². The first-order valence-electron chi connectivity index (χ1n) is 11.2. The molecule has 2 aromatic rings. The van der Waals surface area contributed by atoms with Crippen molar-refractivity contribution in [1.82, 2.24) is 10.6 Å². The van der Waals surface area contributed by atoms with Gasteiger partial charge in [0.1, 0.15) is 12.6 Å². The summed E-state index contributed by atoms with van der Waals surface area (Å²) in [6.07, 6.45) is -4.04. The van der Waals surface area contributed by atoms with E-state index in [-0.39, 0.29) is 31.4 Å². The molecule has 2 unspecified atom stereocenters. The number of alkyl halides is 2. The average Bonchev–Trinajstić information content (AvgIpc) is 3.13. The van der Waals surface area contributed by atoms with Crippen molar-refractivity contribution in [2.24, 2.45) is 5.92 Å². The maximum Gasteiger partial charge on any atom is 0.407 e. The summed E-state index contributed by atoms with van der Waals surface area (Å²) in [5, 5.41) is 13.7. The van der Waals surface area contributed by atoms with Crippen LogP contribution in [0.1, 0.15) is 43.2 Å². The number of benzene rings is 2. The molecule has 3 rings (SSSR count). The summed E-state index contributed by atoms with van der Waals surface area (Å²) in [7, 11) is 0. The lowest BCUT2D eigenvalue weighted by atomic mass is 9.98. The van der Waals surface area contributed by atoms with E-state index < -0.39 is 36.9 Å². The Morgan fingerprint density at radius 3 is 2.18 bits per heavy atom. The van der Waals surface area contributed by atoms with E-state index in [1.807, 2.05) is 43.3 Å². The van der Waals surface area contributed by atoms with E-state index in [1.165, 1.54) is 0 Å². The number of alkyl carbamates (subject to hydrolysis) is 1. The maximum absolute atomic E-state index is 12.4. The standard InChI is InChI=1S/C25H28F2N2O5/c1-15(10-11-23(30)29-21(24(31)32)12-22(26)27)13-28-25(33)34-14-20-18-8-4-2-6-16(18)17-7-3-5-9-19(17)20/h2-9,15,20-22H,10-14H2,1H3,(H,28,33)(H,29,30)(H,31,32). The molecule has 0 radical (unpaired) electrons. The molecule has 0 aliphatic heterocycles. The van der Waals surface area contributed by atoms with Gasteiger partial charge in [0.15, 0.2) is 0 Å². The molecule has 0 heterocycles. The number of aliphatic carboxylic acids is 1. The second-order valence-electron chi connectivity index (χ2n) is 8.44. The highest BCUT2D eigenvalue weighted by Gasteiger charge is 2.29. The van der Waals surface area contributed by atoms with Crippen LogP contribution in [0.15, 0.2) is 48.5 Å². The predicted molar refractivity (Wildman–Crippen MR) is 122 cm³/mol. The lowest BCUT2D eigenvalue weighted by Gasteiger charge is -2.17. The van der Waals surface area contributed by atoms with Gasteiger partial charge in [0.25, 0.3) is 0 Å². The molecule has 7 nitrogen and oxygen atoms in total. The van der Waals surface area contributed by atoms with E-state index in [0.29, 0.717) is 6.42 Å². The fourth-order valence-corrected chi connectivity index (χ4v) is 4.05. The van der Waals surface area contributed by atoms with E-state index in [1.54, 1.807) is 0 Å². The fourth-order valence-electron chi connectivity index (χ4n) is 4.05. The second-order valence-corrected chi connectivity index (χ2v) is 8.44. The molecule has 0 spiro atoms. The van der Waals surface area contributed by atoms with Crippen LogP contribution in [-0.4, -0.2) is 48.7 Å². The van der Waals surface area contributed by atoms with Crippen LogP contribution in [0.4, 0.5) is 13.6 Å². The van der Waals surface area contributed by atoms with Crippen LogP contribution in [0.25, 0.3) is 11.1 Å². The first kappa shape index (κ1) is 25.1. The van der Waals surface area contributed by atoms with Crippen LogP contribution in [0.2, 0.25) is 0 Å². The Kier molecular flexibility index (Phi) is 8.56. The third-order valence-electron chi connectivity index (χ3n) is 5.85. The summed E-state index contributed by atoms with van der Waals surface area (Å²) in [4.78, 5) is 35.1. The largest absolute Gasteiger partial charge is 0.480 e. The number of ether oxygens (including phenoxy) is 1. The van der Waals surface area contributed by atoms with Gasteiger partial charge < -0.3 is 20.5 Å². The van der Waals surface area contributed by atoms with E-state index in [0.717, 1.165) is 22.3 Å². The van der Waals surface area contributed by atoms with Crippen LogP contribution < -0.4 is 10.6 Å². The first-order valence-corrected chi connectivity index (χ1v) is 11.2.